The molecule has 2 rings (SSSR count). The lowest BCUT2D eigenvalue weighted by molar-refractivity contribution is -0.129. The number of aliphatic imine (C=N–C) groups is 1. The lowest BCUT2D eigenvalue weighted by Gasteiger charge is -1.94. The molecule has 0 spiro atoms. The molecule has 1 aliphatic rings. The molecule has 0 unspecified atom stereocenters. The molecule has 0 N–H and O–H groups in total. The van der Waals surface area contributed by atoms with E-state index in [2.05, 4.69) is 4.99 Å². The summed E-state index contributed by atoms with van der Waals surface area (Å²) in [5, 5.41) is 0. The van der Waals surface area contributed by atoms with Crippen LogP contribution in [0.4, 0.5) is 5.69 Å². The Morgan fingerprint density at radius 3 is 2.27 bits per heavy atom. The number of carbonyl (C=O) groups is 1. The quantitative estimate of drug-likeness (QED) is 0.658. The Morgan fingerprint density at radius 2 is 1.73 bits per heavy atom. The highest BCUT2D eigenvalue weighted by molar-refractivity contribution is 6.08. The number of hydrogen-bond acceptors (Lipinski definition) is 3. The topological polar surface area (TPSA) is 38.7 Å². The summed E-state index contributed by atoms with van der Waals surface area (Å²) in [6, 6.07) is 9.33. The molecule has 0 radical (unpaired) electrons. The fourth-order valence-electron chi connectivity index (χ4n) is 1.00. The average molecular weight is 203 g/mol. The van der Waals surface area contributed by atoms with E-state index in [-0.39, 0.29) is 5.97 Å². The standard InChI is InChI=1S/C10H7NO2.C2H6/c12-10-7-6-9(13-10)11-8-4-2-1-3-5-8;1-2/h1-7H;1-2H3. The summed E-state index contributed by atoms with van der Waals surface area (Å²) in [7, 11) is 0. The van der Waals surface area contributed by atoms with Crippen molar-refractivity contribution in [2.24, 2.45) is 4.99 Å². The van der Waals surface area contributed by atoms with E-state index in [1.165, 1.54) is 6.08 Å². The lowest BCUT2D eigenvalue weighted by atomic mass is 10.3. The molecule has 0 amide bonds. The third-order valence-corrected chi connectivity index (χ3v) is 1.56. The Hall–Kier alpha value is -1.90. The third kappa shape index (κ3) is 3.38. The van der Waals surface area contributed by atoms with Crippen LogP contribution in [0.5, 0.6) is 0 Å². The van der Waals surface area contributed by atoms with Crippen LogP contribution < -0.4 is 0 Å². The van der Waals surface area contributed by atoms with Crippen molar-refractivity contribution in [1.82, 2.24) is 0 Å². The van der Waals surface area contributed by atoms with Crippen LogP contribution in [0.15, 0.2) is 47.5 Å². The molecule has 0 aliphatic carbocycles. The summed E-state index contributed by atoms with van der Waals surface area (Å²) in [4.78, 5) is 14.7. The molecule has 1 aromatic carbocycles. The highest BCUT2D eigenvalue weighted by atomic mass is 16.5. The zero-order valence-corrected chi connectivity index (χ0v) is 8.81. The van der Waals surface area contributed by atoms with Gasteiger partial charge in [0, 0.05) is 12.2 Å². The Labute approximate surface area is 89.1 Å². The number of carbonyl (C=O) groups excluding carboxylic acids is 1. The Bertz CT molecular complexity index is 380. The number of para-hydroxylation sites is 1. The van der Waals surface area contributed by atoms with E-state index in [0.29, 0.717) is 5.90 Å². The van der Waals surface area contributed by atoms with Crippen molar-refractivity contribution in [3.8, 4) is 0 Å². The summed E-state index contributed by atoms with van der Waals surface area (Å²) in [6.45, 7) is 4.00. The van der Waals surface area contributed by atoms with Crippen LogP contribution in [0.2, 0.25) is 0 Å². The van der Waals surface area contributed by atoms with Crippen LogP contribution in [0, 0.1) is 0 Å². The van der Waals surface area contributed by atoms with E-state index in [9.17, 15) is 4.79 Å². The third-order valence-electron chi connectivity index (χ3n) is 1.56. The molecule has 0 atom stereocenters. The van der Waals surface area contributed by atoms with Crippen LogP contribution in [0.3, 0.4) is 0 Å². The van der Waals surface area contributed by atoms with Gasteiger partial charge in [0.1, 0.15) is 0 Å². The van der Waals surface area contributed by atoms with Gasteiger partial charge < -0.3 is 4.74 Å². The minimum Gasteiger partial charge on any atom is -0.404 e. The number of benzene rings is 1. The average Bonchev–Trinajstić information content (AvgIpc) is 2.68. The maximum Gasteiger partial charge on any atom is 0.337 e. The second-order valence-corrected chi connectivity index (χ2v) is 2.54. The van der Waals surface area contributed by atoms with E-state index < -0.39 is 0 Å². The Morgan fingerprint density at radius 1 is 1.07 bits per heavy atom. The first-order valence-electron chi connectivity index (χ1n) is 4.88. The molecule has 1 heterocycles. The zero-order valence-electron chi connectivity index (χ0n) is 8.81. The number of hydrogen-bond donors (Lipinski definition) is 0. The first kappa shape index (κ1) is 11.2. The van der Waals surface area contributed by atoms with Gasteiger partial charge in [0.2, 0.25) is 5.90 Å². The fourth-order valence-corrected chi connectivity index (χ4v) is 1.00. The summed E-state index contributed by atoms with van der Waals surface area (Å²) < 4.78 is 4.77. The second-order valence-electron chi connectivity index (χ2n) is 2.54. The normalized spacial score (nSPS) is 15.9. The summed E-state index contributed by atoms with van der Waals surface area (Å²) in [5.41, 5.74) is 0.775. The van der Waals surface area contributed by atoms with Gasteiger partial charge in [-0.1, -0.05) is 32.0 Å². The summed E-state index contributed by atoms with van der Waals surface area (Å²) in [5.74, 6) is -0.0223. The van der Waals surface area contributed by atoms with Crippen molar-refractivity contribution < 1.29 is 9.53 Å². The van der Waals surface area contributed by atoms with Gasteiger partial charge in [-0.05, 0) is 12.1 Å². The number of rotatable bonds is 1. The zero-order chi connectivity index (χ0) is 11.1. The molecular weight excluding hydrogens is 190 g/mol. The van der Waals surface area contributed by atoms with Crippen molar-refractivity contribution in [1.29, 1.82) is 0 Å². The monoisotopic (exact) mass is 203 g/mol. The molecule has 0 aromatic heterocycles. The van der Waals surface area contributed by atoms with Crippen molar-refractivity contribution in [2.75, 3.05) is 0 Å². The molecule has 1 aliphatic heterocycles. The summed E-state index contributed by atoms with van der Waals surface area (Å²) >= 11 is 0. The summed E-state index contributed by atoms with van der Waals surface area (Å²) in [6.07, 6.45) is 2.90. The van der Waals surface area contributed by atoms with Crippen molar-refractivity contribution >= 4 is 17.6 Å². The number of nitrogens with zero attached hydrogens (tertiary/aromatic N) is 1. The maximum atomic E-state index is 10.7. The molecule has 0 saturated carbocycles. The van der Waals surface area contributed by atoms with Crippen LogP contribution in [-0.2, 0) is 9.53 Å². The van der Waals surface area contributed by atoms with Gasteiger partial charge in [-0.2, -0.15) is 0 Å². The maximum absolute atomic E-state index is 10.7. The molecule has 15 heavy (non-hydrogen) atoms. The molecule has 0 bridgehead atoms. The van der Waals surface area contributed by atoms with E-state index in [4.69, 9.17) is 4.74 Å². The second kappa shape index (κ2) is 5.75. The minimum absolute atomic E-state index is 0.344. The highest BCUT2D eigenvalue weighted by Crippen LogP contribution is 2.12. The number of cyclic esters (lactones) is 1. The van der Waals surface area contributed by atoms with E-state index >= 15 is 0 Å². The Kier molecular flexibility index (Phi) is 4.29. The number of ether oxygens (including phenoxy) is 1. The molecular formula is C12H13NO2. The predicted molar refractivity (Wildman–Crippen MR) is 60.1 cm³/mol. The van der Waals surface area contributed by atoms with Crippen LogP contribution in [0.1, 0.15) is 13.8 Å². The molecule has 0 fully saturated rings. The minimum atomic E-state index is -0.366. The number of esters is 1. The van der Waals surface area contributed by atoms with E-state index in [1.807, 2.05) is 44.2 Å². The smallest absolute Gasteiger partial charge is 0.337 e. The van der Waals surface area contributed by atoms with Crippen LogP contribution >= 0.6 is 0 Å². The predicted octanol–water partition coefficient (Wildman–Crippen LogP) is 2.86. The van der Waals surface area contributed by atoms with Crippen molar-refractivity contribution in [3.05, 3.63) is 42.5 Å². The van der Waals surface area contributed by atoms with Crippen molar-refractivity contribution in [2.45, 2.75) is 13.8 Å². The highest BCUT2D eigenvalue weighted by Gasteiger charge is 2.10. The van der Waals surface area contributed by atoms with E-state index in [0.717, 1.165) is 5.69 Å². The Balaban J connectivity index is 0.000000531. The van der Waals surface area contributed by atoms with Gasteiger partial charge in [-0.3, -0.25) is 0 Å². The van der Waals surface area contributed by atoms with E-state index in [1.54, 1.807) is 6.08 Å². The van der Waals surface area contributed by atoms with Gasteiger partial charge in [0.15, 0.2) is 0 Å². The van der Waals surface area contributed by atoms with Gasteiger partial charge in [0.25, 0.3) is 0 Å². The van der Waals surface area contributed by atoms with Gasteiger partial charge in [0.05, 0.1) is 5.69 Å². The SMILES string of the molecule is CC.O=C1C=CC(=Nc2ccccc2)O1. The largest absolute Gasteiger partial charge is 0.404 e. The first-order chi connectivity index (χ1) is 7.34. The molecule has 78 valence electrons. The molecule has 3 nitrogen and oxygen atoms in total. The molecule has 3 heteroatoms. The lowest BCUT2D eigenvalue weighted by Crippen LogP contribution is -1.98. The van der Waals surface area contributed by atoms with Gasteiger partial charge in [-0.25, -0.2) is 9.79 Å². The van der Waals surface area contributed by atoms with Crippen LogP contribution in [-0.4, -0.2) is 11.9 Å². The molecule has 1 aromatic rings. The van der Waals surface area contributed by atoms with Gasteiger partial charge in [-0.15, -0.1) is 0 Å². The van der Waals surface area contributed by atoms with Gasteiger partial charge >= 0.3 is 5.97 Å². The van der Waals surface area contributed by atoms with Crippen molar-refractivity contribution in [3.63, 3.8) is 0 Å². The molecule has 0 saturated heterocycles. The fraction of sp³-hybridized carbons (Fsp3) is 0.167. The van der Waals surface area contributed by atoms with Crippen LogP contribution in [0.25, 0.3) is 0 Å². The first-order valence-corrected chi connectivity index (χ1v) is 4.88.